The Hall–Kier alpha value is -1.94. The number of hydrogen-bond acceptors (Lipinski definition) is 3. The van der Waals surface area contributed by atoms with Crippen molar-refractivity contribution < 1.29 is 4.79 Å². The van der Waals surface area contributed by atoms with E-state index in [2.05, 4.69) is 54.5 Å². The van der Waals surface area contributed by atoms with Crippen molar-refractivity contribution in [3.05, 3.63) is 46.9 Å². The van der Waals surface area contributed by atoms with Crippen molar-refractivity contribution in [3.8, 4) is 11.3 Å². The molecule has 0 radical (unpaired) electrons. The van der Waals surface area contributed by atoms with Crippen molar-refractivity contribution >= 4 is 22.4 Å². The maximum absolute atomic E-state index is 12.5. The molecule has 1 aromatic heterocycles. The number of fused-ring (bicyclic) bond motifs is 2. The molecule has 2 aliphatic carbocycles. The van der Waals surface area contributed by atoms with Gasteiger partial charge in [0.15, 0.2) is 5.13 Å². The highest BCUT2D eigenvalue weighted by Crippen LogP contribution is 2.43. The number of carbonyl (C=O) groups is 1. The smallest absolute Gasteiger partial charge is 0.229 e. The first-order valence-electron chi connectivity index (χ1n) is 8.12. The molecule has 1 saturated carbocycles. The molecule has 23 heavy (non-hydrogen) atoms. The molecular weight excluding hydrogens is 304 g/mol. The molecule has 0 spiro atoms. The van der Waals surface area contributed by atoms with Gasteiger partial charge < -0.3 is 5.32 Å². The third kappa shape index (κ3) is 2.72. The molecule has 1 aromatic carbocycles. The van der Waals surface area contributed by atoms with Gasteiger partial charge in [-0.15, -0.1) is 11.3 Å². The van der Waals surface area contributed by atoms with Crippen LogP contribution < -0.4 is 5.32 Å². The lowest BCUT2D eigenvalue weighted by molar-refractivity contribution is -0.120. The van der Waals surface area contributed by atoms with E-state index in [0.717, 1.165) is 24.1 Å². The molecule has 1 heterocycles. The Morgan fingerprint density at radius 1 is 1.22 bits per heavy atom. The summed E-state index contributed by atoms with van der Waals surface area (Å²) >= 11 is 1.50. The molecule has 3 atom stereocenters. The van der Waals surface area contributed by atoms with Gasteiger partial charge >= 0.3 is 0 Å². The van der Waals surface area contributed by atoms with Gasteiger partial charge in [0.1, 0.15) is 0 Å². The molecule has 2 aliphatic rings. The number of aryl methyl sites for hydroxylation is 2. The summed E-state index contributed by atoms with van der Waals surface area (Å²) < 4.78 is 0. The van der Waals surface area contributed by atoms with E-state index < -0.39 is 0 Å². The first-order chi connectivity index (χ1) is 11.1. The quantitative estimate of drug-likeness (QED) is 0.840. The minimum Gasteiger partial charge on any atom is -0.302 e. The van der Waals surface area contributed by atoms with Gasteiger partial charge in [0.25, 0.3) is 0 Å². The van der Waals surface area contributed by atoms with E-state index in [-0.39, 0.29) is 11.8 Å². The van der Waals surface area contributed by atoms with E-state index in [1.54, 1.807) is 0 Å². The summed E-state index contributed by atoms with van der Waals surface area (Å²) in [5.41, 5.74) is 4.57. The molecule has 1 fully saturated rings. The molecule has 1 N–H and O–H groups in total. The van der Waals surface area contributed by atoms with E-state index in [9.17, 15) is 4.79 Å². The number of aromatic nitrogens is 1. The minimum atomic E-state index is 0.124. The van der Waals surface area contributed by atoms with E-state index in [1.807, 2.05) is 5.38 Å². The van der Waals surface area contributed by atoms with Gasteiger partial charge in [-0.3, -0.25) is 4.79 Å². The number of anilines is 1. The number of benzene rings is 1. The fraction of sp³-hybridized carbons (Fsp3) is 0.368. The molecule has 4 heteroatoms. The summed E-state index contributed by atoms with van der Waals surface area (Å²) in [6.07, 6.45) is 6.60. The molecule has 1 amide bonds. The lowest BCUT2D eigenvalue weighted by Gasteiger charge is -2.16. The maximum atomic E-state index is 12.5. The van der Waals surface area contributed by atoms with Gasteiger partial charge in [0.05, 0.1) is 5.69 Å². The van der Waals surface area contributed by atoms with Crippen LogP contribution in [0.15, 0.2) is 35.7 Å². The molecule has 4 rings (SSSR count). The van der Waals surface area contributed by atoms with Crippen LogP contribution in [0.2, 0.25) is 0 Å². The van der Waals surface area contributed by atoms with Crippen LogP contribution in [0.25, 0.3) is 11.3 Å². The zero-order chi connectivity index (χ0) is 16.0. The standard InChI is InChI=1S/C19H20N2OS/c1-11-3-5-15(7-12(11)2)17-10-23-19(20-17)21-18(22)16-9-13-4-6-14(16)8-13/h3-7,10,13-14,16H,8-9H2,1-2H3,(H,20,21,22)/t13-,14+,16+/m0/s1. The Bertz CT molecular complexity index is 792. The van der Waals surface area contributed by atoms with Crippen LogP contribution >= 0.6 is 11.3 Å². The number of nitrogens with one attached hydrogen (secondary N) is 1. The number of amides is 1. The van der Waals surface area contributed by atoms with Gasteiger partial charge in [-0.2, -0.15) is 0 Å². The van der Waals surface area contributed by atoms with Gasteiger partial charge in [0.2, 0.25) is 5.91 Å². The second kappa shape index (κ2) is 5.60. The number of thiazole rings is 1. The van der Waals surface area contributed by atoms with Gasteiger partial charge in [0, 0.05) is 16.9 Å². The molecular formula is C19H20N2OS. The fourth-order valence-corrected chi connectivity index (χ4v) is 4.37. The molecule has 2 bridgehead atoms. The Morgan fingerprint density at radius 3 is 2.78 bits per heavy atom. The zero-order valence-electron chi connectivity index (χ0n) is 13.4. The second-order valence-corrected chi connectivity index (χ2v) is 7.57. The zero-order valence-corrected chi connectivity index (χ0v) is 14.2. The summed E-state index contributed by atoms with van der Waals surface area (Å²) in [5, 5.41) is 5.74. The maximum Gasteiger partial charge on any atom is 0.229 e. The predicted octanol–water partition coefficient (Wildman–Crippen LogP) is 4.58. The lowest BCUT2D eigenvalue weighted by atomic mass is 9.93. The van der Waals surface area contributed by atoms with E-state index >= 15 is 0 Å². The van der Waals surface area contributed by atoms with E-state index in [4.69, 9.17) is 0 Å². The monoisotopic (exact) mass is 324 g/mol. The Labute approximate surface area is 140 Å². The van der Waals surface area contributed by atoms with E-state index in [0.29, 0.717) is 17.0 Å². The van der Waals surface area contributed by atoms with Crippen molar-refractivity contribution in [2.45, 2.75) is 26.7 Å². The van der Waals surface area contributed by atoms with Gasteiger partial charge in [-0.25, -0.2) is 4.98 Å². The number of hydrogen-bond donors (Lipinski definition) is 1. The predicted molar refractivity (Wildman–Crippen MR) is 94.5 cm³/mol. The van der Waals surface area contributed by atoms with Crippen molar-refractivity contribution in [1.29, 1.82) is 0 Å². The van der Waals surface area contributed by atoms with Crippen molar-refractivity contribution in [2.75, 3.05) is 5.32 Å². The number of nitrogens with zero attached hydrogens (tertiary/aromatic N) is 1. The number of carbonyl (C=O) groups excluding carboxylic acids is 1. The first-order valence-corrected chi connectivity index (χ1v) is 9.00. The molecule has 0 unspecified atom stereocenters. The van der Waals surface area contributed by atoms with Crippen molar-refractivity contribution in [2.24, 2.45) is 17.8 Å². The van der Waals surface area contributed by atoms with Gasteiger partial charge in [-0.1, -0.05) is 24.3 Å². The minimum absolute atomic E-state index is 0.124. The first kappa shape index (κ1) is 14.6. The van der Waals surface area contributed by atoms with Crippen LogP contribution in [0.5, 0.6) is 0 Å². The normalized spacial score (nSPS) is 25.0. The average molecular weight is 324 g/mol. The fourth-order valence-electron chi connectivity index (χ4n) is 3.64. The molecule has 3 nitrogen and oxygen atoms in total. The van der Waals surface area contributed by atoms with Crippen LogP contribution in [-0.4, -0.2) is 10.9 Å². The Balaban J connectivity index is 1.48. The third-order valence-corrected chi connectivity index (χ3v) is 5.91. The highest BCUT2D eigenvalue weighted by molar-refractivity contribution is 7.14. The highest BCUT2D eigenvalue weighted by Gasteiger charge is 2.39. The Morgan fingerprint density at radius 2 is 2.09 bits per heavy atom. The van der Waals surface area contributed by atoms with Crippen LogP contribution in [-0.2, 0) is 4.79 Å². The molecule has 0 saturated heterocycles. The SMILES string of the molecule is Cc1ccc(-c2csc(NC(=O)[C@@H]3C[C@H]4C=C[C@@H]3C4)n2)cc1C. The Kier molecular flexibility index (Phi) is 3.57. The summed E-state index contributed by atoms with van der Waals surface area (Å²) in [6, 6.07) is 6.35. The van der Waals surface area contributed by atoms with Crippen molar-refractivity contribution in [3.63, 3.8) is 0 Å². The summed E-state index contributed by atoms with van der Waals surface area (Å²) in [7, 11) is 0. The van der Waals surface area contributed by atoms with Crippen LogP contribution in [0.1, 0.15) is 24.0 Å². The lowest BCUT2D eigenvalue weighted by Crippen LogP contribution is -2.25. The van der Waals surface area contributed by atoms with Crippen LogP contribution in [0.4, 0.5) is 5.13 Å². The summed E-state index contributed by atoms with van der Waals surface area (Å²) in [5.74, 6) is 1.29. The summed E-state index contributed by atoms with van der Waals surface area (Å²) in [6.45, 7) is 4.21. The van der Waals surface area contributed by atoms with E-state index in [1.165, 1.54) is 22.5 Å². The topological polar surface area (TPSA) is 42.0 Å². The van der Waals surface area contributed by atoms with Crippen LogP contribution in [0, 0.1) is 31.6 Å². The molecule has 2 aromatic rings. The van der Waals surface area contributed by atoms with Gasteiger partial charge in [-0.05, 0) is 55.7 Å². The highest BCUT2D eigenvalue weighted by atomic mass is 32.1. The van der Waals surface area contributed by atoms with Crippen LogP contribution in [0.3, 0.4) is 0 Å². The number of rotatable bonds is 3. The third-order valence-electron chi connectivity index (χ3n) is 5.15. The largest absolute Gasteiger partial charge is 0.302 e. The molecule has 0 aliphatic heterocycles. The summed E-state index contributed by atoms with van der Waals surface area (Å²) in [4.78, 5) is 17.1. The molecule has 118 valence electrons. The average Bonchev–Trinajstić information content (AvgIpc) is 3.26. The number of allylic oxidation sites excluding steroid dienone is 2. The van der Waals surface area contributed by atoms with Crippen molar-refractivity contribution in [1.82, 2.24) is 4.98 Å². The second-order valence-electron chi connectivity index (χ2n) is 6.71.